The Labute approximate surface area is 215 Å². The smallest absolute Gasteiger partial charge is 0.258 e. The molecule has 4 heterocycles. The molecular weight excluding hydrogens is 480 g/mol. The zero-order valence-electron chi connectivity index (χ0n) is 21.2. The van der Waals surface area contributed by atoms with Crippen molar-refractivity contribution in [1.82, 2.24) is 19.1 Å². The Morgan fingerprint density at radius 1 is 1.17 bits per heavy atom. The third kappa shape index (κ3) is 3.93. The molecule has 36 heavy (non-hydrogen) atoms. The van der Waals surface area contributed by atoms with Gasteiger partial charge in [-0.15, -0.1) is 0 Å². The maximum absolute atomic E-state index is 12.5. The molecule has 1 aromatic carbocycles. The van der Waals surface area contributed by atoms with Gasteiger partial charge >= 0.3 is 0 Å². The molecule has 1 saturated heterocycles. The second-order valence-electron chi connectivity index (χ2n) is 9.32. The first kappa shape index (κ1) is 24.6. The second-order valence-corrected chi connectivity index (χ2v) is 9.70. The van der Waals surface area contributed by atoms with E-state index in [0.29, 0.717) is 45.4 Å². The molecule has 3 aromatic heterocycles. The molecule has 190 valence electrons. The number of aryl methyl sites for hydroxylation is 2. The lowest BCUT2D eigenvalue weighted by Gasteiger charge is -2.30. The van der Waals surface area contributed by atoms with Crippen molar-refractivity contribution in [1.29, 1.82) is 0 Å². The molecule has 0 bridgehead atoms. The average Bonchev–Trinajstić information content (AvgIpc) is 3.60. The molecule has 2 unspecified atom stereocenters. The maximum atomic E-state index is 12.5. The summed E-state index contributed by atoms with van der Waals surface area (Å²) in [5.74, 6) is 1.48. The van der Waals surface area contributed by atoms with Crippen LogP contribution in [0, 0.1) is 13.8 Å². The molecule has 1 N–H and O–H groups in total. The number of hydrogen-bond acceptors (Lipinski definition) is 6. The number of aliphatic hydroxyl groups is 1. The minimum absolute atomic E-state index is 0.0200. The van der Waals surface area contributed by atoms with Crippen LogP contribution in [-0.4, -0.2) is 50.6 Å². The monoisotopic (exact) mass is 510 g/mol. The summed E-state index contributed by atoms with van der Waals surface area (Å²) in [6.07, 6.45) is 3.69. The van der Waals surface area contributed by atoms with Crippen LogP contribution in [0.25, 0.3) is 10.9 Å². The van der Waals surface area contributed by atoms with Gasteiger partial charge in [0.15, 0.2) is 5.60 Å². The second kappa shape index (κ2) is 9.42. The number of methoxy groups -OCH3 is 1. The van der Waals surface area contributed by atoms with E-state index in [9.17, 15) is 5.11 Å². The summed E-state index contributed by atoms with van der Waals surface area (Å²) in [6, 6.07) is 9.50. The number of aromatic nitrogens is 4. The summed E-state index contributed by atoms with van der Waals surface area (Å²) in [5.41, 5.74) is 2.17. The van der Waals surface area contributed by atoms with Crippen molar-refractivity contribution >= 4 is 22.5 Å². The van der Waals surface area contributed by atoms with E-state index in [2.05, 4.69) is 9.97 Å². The predicted molar refractivity (Wildman–Crippen MR) is 138 cm³/mol. The van der Waals surface area contributed by atoms with Crippen molar-refractivity contribution < 1.29 is 19.3 Å². The van der Waals surface area contributed by atoms with E-state index < -0.39 is 5.60 Å². The van der Waals surface area contributed by atoms with Crippen LogP contribution in [0.3, 0.4) is 0 Å². The summed E-state index contributed by atoms with van der Waals surface area (Å²) >= 11 is 6.91. The lowest BCUT2D eigenvalue weighted by atomic mass is 9.86. The lowest BCUT2D eigenvalue weighted by Crippen LogP contribution is -2.33. The summed E-state index contributed by atoms with van der Waals surface area (Å²) in [7, 11) is 5.38. The number of fused-ring (bicyclic) bond motifs is 1. The number of nitrogens with zero attached hydrogens (tertiary/aromatic N) is 4. The van der Waals surface area contributed by atoms with Crippen LogP contribution in [-0.2, 0) is 24.4 Å². The molecule has 0 saturated carbocycles. The number of hydrogen-bond donors (Lipinski definition) is 1. The fourth-order valence-corrected chi connectivity index (χ4v) is 5.15. The van der Waals surface area contributed by atoms with Crippen molar-refractivity contribution in [3.05, 3.63) is 70.0 Å². The molecule has 0 spiro atoms. The number of halogens is 1. The first-order valence-electron chi connectivity index (χ1n) is 12.0. The zero-order valence-corrected chi connectivity index (χ0v) is 22.0. The highest BCUT2D eigenvalue weighted by molar-refractivity contribution is 6.37. The van der Waals surface area contributed by atoms with E-state index in [-0.39, 0.29) is 6.10 Å². The summed E-state index contributed by atoms with van der Waals surface area (Å²) in [6.45, 7) is 5.02. The Morgan fingerprint density at radius 3 is 2.58 bits per heavy atom. The van der Waals surface area contributed by atoms with Gasteiger partial charge in [-0.1, -0.05) is 17.7 Å². The van der Waals surface area contributed by atoms with E-state index in [4.69, 9.17) is 25.8 Å². The van der Waals surface area contributed by atoms with Gasteiger partial charge in [-0.2, -0.15) is 0 Å². The standard InChI is InChI=1S/C27H31ClN4O4/c1-16-8-11-22(31(16)3)27(33,23-14-29-17(2)32(23)4)18-9-10-21-20(13-18)24(28)25(26(30-21)34-5)36-15-19-7-6-12-35-19/h8-11,13-14,19,33H,6-7,12,15H2,1-5H3. The Hall–Kier alpha value is -3.07. The molecule has 4 aromatic rings. The molecule has 2 atom stereocenters. The fraction of sp³-hybridized carbons (Fsp3) is 0.407. The topological polar surface area (TPSA) is 83.6 Å². The van der Waals surface area contributed by atoms with E-state index in [1.807, 2.05) is 67.4 Å². The number of imidazole rings is 1. The quantitative estimate of drug-likeness (QED) is 0.396. The largest absolute Gasteiger partial charge is 0.484 e. The van der Waals surface area contributed by atoms with E-state index in [1.54, 1.807) is 13.3 Å². The van der Waals surface area contributed by atoms with Crippen molar-refractivity contribution in [2.45, 2.75) is 38.4 Å². The van der Waals surface area contributed by atoms with Crippen LogP contribution >= 0.6 is 11.6 Å². The van der Waals surface area contributed by atoms with Crippen molar-refractivity contribution in [2.24, 2.45) is 14.1 Å². The number of pyridine rings is 1. The Kier molecular flexibility index (Phi) is 6.44. The Balaban J connectivity index is 1.68. The highest BCUT2D eigenvalue weighted by Crippen LogP contribution is 2.43. The number of benzene rings is 1. The third-order valence-corrected chi connectivity index (χ3v) is 7.61. The van der Waals surface area contributed by atoms with Gasteiger partial charge in [0, 0.05) is 31.8 Å². The minimum atomic E-state index is -1.49. The highest BCUT2D eigenvalue weighted by Gasteiger charge is 2.40. The van der Waals surface area contributed by atoms with E-state index in [1.165, 1.54) is 0 Å². The van der Waals surface area contributed by atoms with Gasteiger partial charge in [0.25, 0.3) is 5.88 Å². The first-order chi connectivity index (χ1) is 17.3. The predicted octanol–water partition coefficient (Wildman–Crippen LogP) is 4.43. The van der Waals surface area contributed by atoms with Crippen LogP contribution in [0.4, 0.5) is 0 Å². The van der Waals surface area contributed by atoms with Crippen LogP contribution in [0.15, 0.2) is 36.5 Å². The number of rotatable bonds is 7. The van der Waals surface area contributed by atoms with Crippen LogP contribution in [0.1, 0.15) is 41.3 Å². The van der Waals surface area contributed by atoms with Gasteiger partial charge in [-0.3, -0.25) is 0 Å². The molecular formula is C27H31ClN4O4. The van der Waals surface area contributed by atoms with Gasteiger partial charge in [-0.25, -0.2) is 9.97 Å². The molecule has 1 aliphatic heterocycles. The molecule has 0 radical (unpaired) electrons. The van der Waals surface area contributed by atoms with Crippen molar-refractivity contribution in [3.63, 3.8) is 0 Å². The van der Waals surface area contributed by atoms with Crippen molar-refractivity contribution in [3.8, 4) is 11.6 Å². The molecule has 1 fully saturated rings. The van der Waals surface area contributed by atoms with Gasteiger partial charge in [0.1, 0.15) is 12.4 Å². The average molecular weight is 511 g/mol. The molecule has 5 rings (SSSR count). The van der Waals surface area contributed by atoms with Crippen LogP contribution in [0.2, 0.25) is 5.02 Å². The minimum Gasteiger partial charge on any atom is -0.484 e. The van der Waals surface area contributed by atoms with Gasteiger partial charge < -0.3 is 28.5 Å². The third-order valence-electron chi connectivity index (χ3n) is 7.23. The van der Waals surface area contributed by atoms with E-state index in [0.717, 1.165) is 36.7 Å². The Morgan fingerprint density at radius 2 is 1.97 bits per heavy atom. The fourth-order valence-electron chi connectivity index (χ4n) is 4.87. The zero-order chi connectivity index (χ0) is 25.6. The summed E-state index contributed by atoms with van der Waals surface area (Å²) in [5, 5.41) is 13.5. The van der Waals surface area contributed by atoms with Gasteiger partial charge in [0.05, 0.1) is 41.3 Å². The molecule has 8 nitrogen and oxygen atoms in total. The summed E-state index contributed by atoms with van der Waals surface area (Å²) < 4.78 is 21.1. The highest BCUT2D eigenvalue weighted by atomic mass is 35.5. The SMILES string of the molecule is COc1nc2ccc(C(O)(c3ccc(C)n3C)c3cnc(C)n3C)cc2c(Cl)c1OCC1CCCO1. The molecule has 1 aliphatic rings. The first-order valence-corrected chi connectivity index (χ1v) is 12.4. The van der Waals surface area contributed by atoms with Crippen LogP contribution < -0.4 is 9.47 Å². The van der Waals surface area contributed by atoms with E-state index >= 15 is 0 Å². The van der Waals surface area contributed by atoms with Crippen molar-refractivity contribution in [2.75, 3.05) is 20.3 Å². The lowest BCUT2D eigenvalue weighted by molar-refractivity contribution is 0.0668. The normalized spacial score (nSPS) is 17.5. The molecule has 9 heteroatoms. The summed E-state index contributed by atoms with van der Waals surface area (Å²) in [4.78, 5) is 9.09. The van der Waals surface area contributed by atoms with Gasteiger partial charge in [-0.05, 0) is 56.5 Å². The number of ether oxygens (including phenoxy) is 3. The van der Waals surface area contributed by atoms with Crippen LogP contribution in [0.5, 0.6) is 11.6 Å². The molecule has 0 aliphatic carbocycles. The van der Waals surface area contributed by atoms with Gasteiger partial charge in [0.2, 0.25) is 5.75 Å². The maximum Gasteiger partial charge on any atom is 0.258 e. The molecule has 0 amide bonds. The Bertz CT molecular complexity index is 1370.